The highest BCUT2D eigenvalue weighted by Crippen LogP contribution is 2.26. The number of para-hydroxylation sites is 1. The third-order valence-electron chi connectivity index (χ3n) is 3.76. The maximum absolute atomic E-state index is 12.2. The Balaban J connectivity index is 2.09. The zero-order chi connectivity index (χ0) is 17.5. The van der Waals surface area contributed by atoms with Gasteiger partial charge in [-0.15, -0.1) is 0 Å². The minimum Gasteiger partial charge on any atom is -0.496 e. The molecule has 0 fully saturated rings. The normalized spacial score (nSPS) is 12.0. The molecule has 0 heterocycles. The van der Waals surface area contributed by atoms with E-state index in [1.807, 2.05) is 56.3 Å². The van der Waals surface area contributed by atoms with Gasteiger partial charge in [0.05, 0.1) is 20.3 Å². The van der Waals surface area contributed by atoms with Crippen LogP contribution in [0.3, 0.4) is 0 Å². The highest BCUT2D eigenvalue weighted by molar-refractivity contribution is 5.92. The van der Waals surface area contributed by atoms with Gasteiger partial charge in [0.1, 0.15) is 11.5 Å². The summed E-state index contributed by atoms with van der Waals surface area (Å²) in [5, 5.41) is 2.96. The molecule has 2 rings (SSSR count). The second-order valence-corrected chi connectivity index (χ2v) is 5.55. The summed E-state index contributed by atoms with van der Waals surface area (Å²) >= 11 is 0. The molecule has 24 heavy (non-hydrogen) atoms. The molecule has 2 aromatic rings. The lowest BCUT2D eigenvalue weighted by Gasteiger charge is -2.17. The van der Waals surface area contributed by atoms with Crippen molar-refractivity contribution in [2.75, 3.05) is 14.2 Å². The molecule has 0 aromatic heterocycles. The van der Waals surface area contributed by atoms with Gasteiger partial charge in [0.15, 0.2) is 0 Å². The van der Waals surface area contributed by atoms with Crippen molar-refractivity contribution in [3.63, 3.8) is 0 Å². The van der Waals surface area contributed by atoms with Crippen molar-refractivity contribution >= 4 is 12.0 Å². The standard InChI is InChI=1S/C20H23NO3/c1-14-9-11-19(24-4)17(13-14)15(2)21-20(22)12-10-16-7-5-6-8-18(16)23-3/h5-13,15H,1-4H3,(H,21,22)/b12-10+/t15-/m0/s1. The Labute approximate surface area is 143 Å². The molecule has 1 amide bonds. The second kappa shape index (κ2) is 8.20. The molecule has 0 radical (unpaired) electrons. The Morgan fingerprint density at radius 2 is 1.79 bits per heavy atom. The van der Waals surface area contributed by atoms with E-state index in [4.69, 9.17) is 9.47 Å². The number of carbonyl (C=O) groups is 1. The molecule has 4 heteroatoms. The predicted molar refractivity (Wildman–Crippen MR) is 96.3 cm³/mol. The molecule has 2 aromatic carbocycles. The van der Waals surface area contributed by atoms with Crippen molar-refractivity contribution in [3.05, 3.63) is 65.2 Å². The summed E-state index contributed by atoms with van der Waals surface area (Å²) < 4.78 is 10.6. The largest absolute Gasteiger partial charge is 0.496 e. The number of amides is 1. The molecule has 0 aliphatic rings. The molecule has 0 unspecified atom stereocenters. The summed E-state index contributed by atoms with van der Waals surface area (Å²) in [5.41, 5.74) is 2.93. The highest BCUT2D eigenvalue weighted by Gasteiger charge is 2.13. The Morgan fingerprint density at radius 1 is 1.08 bits per heavy atom. The lowest BCUT2D eigenvalue weighted by molar-refractivity contribution is -0.117. The molecule has 0 aliphatic heterocycles. The van der Waals surface area contributed by atoms with Gasteiger partial charge in [0, 0.05) is 17.2 Å². The van der Waals surface area contributed by atoms with E-state index in [1.165, 1.54) is 6.08 Å². The molecule has 4 nitrogen and oxygen atoms in total. The first-order valence-electron chi connectivity index (χ1n) is 7.81. The fourth-order valence-corrected chi connectivity index (χ4v) is 2.50. The van der Waals surface area contributed by atoms with Crippen molar-refractivity contribution in [1.29, 1.82) is 0 Å². The van der Waals surface area contributed by atoms with E-state index in [0.717, 1.165) is 28.2 Å². The van der Waals surface area contributed by atoms with Crippen molar-refractivity contribution in [2.24, 2.45) is 0 Å². The molecule has 1 N–H and O–H groups in total. The Hall–Kier alpha value is -2.75. The van der Waals surface area contributed by atoms with Gasteiger partial charge in [-0.05, 0) is 32.1 Å². The third-order valence-corrected chi connectivity index (χ3v) is 3.76. The number of ether oxygens (including phenoxy) is 2. The van der Waals surface area contributed by atoms with Gasteiger partial charge in [-0.3, -0.25) is 4.79 Å². The SMILES string of the molecule is COc1ccccc1/C=C/C(=O)N[C@@H](C)c1cc(C)ccc1OC. The van der Waals surface area contributed by atoms with E-state index in [0.29, 0.717) is 0 Å². The fraction of sp³-hybridized carbons (Fsp3) is 0.250. The Bertz CT molecular complexity index is 737. The zero-order valence-corrected chi connectivity index (χ0v) is 14.5. The average Bonchev–Trinajstić information content (AvgIpc) is 2.60. The summed E-state index contributed by atoms with van der Waals surface area (Å²) in [5.74, 6) is 1.33. The summed E-state index contributed by atoms with van der Waals surface area (Å²) in [7, 11) is 3.24. The molecule has 0 saturated heterocycles. The van der Waals surface area contributed by atoms with Crippen molar-refractivity contribution in [2.45, 2.75) is 19.9 Å². The number of nitrogens with one attached hydrogen (secondary N) is 1. The summed E-state index contributed by atoms with van der Waals surface area (Å²) in [6.07, 6.45) is 3.25. The smallest absolute Gasteiger partial charge is 0.244 e. The molecule has 0 bridgehead atoms. The molecule has 1 atom stereocenters. The highest BCUT2D eigenvalue weighted by atomic mass is 16.5. The van der Waals surface area contributed by atoms with Crippen LogP contribution in [-0.4, -0.2) is 20.1 Å². The minimum absolute atomic E-state index is 0.158. The van der Waals surface area contributed by atoms with Crippen molar-refractivity contribution in [3.8, 4) is 11.5 Å². The van der Waals surface area contributed by atoms with Crippen LogP contribution in [0.4, 0.5) is 0 Å². The number of methoxy groups -OCH3 is 2. The van der Waals surface area contributed by atoms with Gasteiger partial charge in [-0.1, -0.05) is 35.9 Å². The average molecular weight is 325 g/mol. The first-order chi connectivity index (χ1) is 11.5. The predicted octanol–water partition coefficient (Wildman–Crippen LogP) is 3.90. The quantitative estimate of drug-likeness (QED) is 0.819. The topological polar surface area (TPSA) is 47.6 Å². The number of benzene rings is 2. The number of aryl methyl sites for hydroxylation is 1. The van der Waals surface area contributed by atoms with Crippen molar-refractivity contribution < 1.29 is 14.3 Å². The van der Waals surface area contributed by atoms with Crippen LogP contribution in [-0.2, 0) is 4.79 Å². The van der Waals surface area contributed by atoms with Gasteiger partial charge < -0.3 is 14.8 Å². The number of hydrogen-bond donors (Lipinski definition) is 1. The van der Waals surface area contributed by atoms with Crippen LogP contribution in [0.15, 0.2) is 48.5 Å². The Kier molecular flexibility index (Phi) is 6.01. The van der Waals surface area contributed by atoms with Crippen LogP contribution in [0.25, 0.3) is 6.08 Å². The molecule has 0 spiro atoms. The maximum atomic E-state index is 12.2. The summed E-state index contributed by atoms with van der Waals surface area (Å²) in [6.45, 7) is 3.95. The summed E-state index contributed by atoms with van der Waals surface area (Å²) in [4.78, 5) is 12.2. The first kappa shape index (κ1) is 17.6. The maximum Gasteiger partial charge on any atom is 0.244 e. The van der Waals surface area contributed by atoms with Crippen LogP contribution in [0, 0.1) is 6.92 Å². The van der Waals surface area contributed by atoms with Gasteiger partial charge >= 0.3 is 0 Å². The minimum atomic E-state index is -0.169. The van der Waals surface area contributed by atoms with Crippen LogP contribution in [0.1, 0.15) is 29.7 Å². The lowest BCUT2D eigenvalue weighted by atomic mass is 10.0. The molecular weight excluding hydrogens is 302 g/mol. The number of hydrogen-bond acceptors (Lipinski definition) is 3. The van der Waals surface area contributed by atoms with Gasteiger partial charge in [0.25, 0.3) is 0 Å². The molecule has 126 valence electrons. The first-order valence-corrected chi connectivity index (χ1v) is 7.81. The van der Waals surface area contributed by atoms with E-state index < -0.39 is 0 Å². The van der Waals surface area contributed by atoms with Gasteiger partial charge in [0.2, 0.25) is 5.91 Å². The molecule has 0 saturated carbocycles. The van der Waals surface area contributed by atoms with E-state index in [9.17, 15) is 4.79 Å². The lowest BCUT2D eigenvalue weighted by Crippen LogP contribution is -2.25. The van der Waals surface area contributed by atoms with E-state index in [1.54, 1.807) is 20.3 Å². The number of carbonyl (C=O) groups excluding carboxylic acids is 1. The summed E-state index contributed by atoms with van der Waals surface area (Å²) in [6, 6.07) is 13.3. The van der Waals surface area contributed by atoms with E-state index in [-0.39, 0.29) is 11.9 Å². The van der Waals surface area contributed by atoms with Crippen LogP contribution >= 0.6 is 0 Å². The van der Waals surface area contributed by atoms with Crippen LogP contribution in [0.2, 0.25) is 0 Å². The second-order valence-electron chi connectivity index (χ2n) is 5.55. The molecule has 0 aliphatic carbocycles. The van der Waals surface area contributed by atoms with Crippen molar-refractivity contribution in [1.82, 2.24) is 5.32 Å². The zero-order valence-electron chi connectivity index (χ0n) is 14.5. The van der Waals surface area contributed by atoms with Gasteiger partial charge in [-0.2, -0.15) is 0 Å². The van der Waals surface area contributed by atoms with Crippen LogP contribution < -0.4 is 14.8 Å². The fourth-order valence-electron chi connectivity index (χ4n) is 2.50. The van der Waals surface area contributed by atoms with Gasteiger partial charge in [-0.25, -0.2) is 0 Å². The number of rotatable bonds is 6. The van der Waals surface area contributed by atoms with E-state index >= 15 is 0 Å². The van der Waals surface area contributed by atoms with Crippen LogP contribution in [0.5, 0.6) is 11.5 Å². The van der Waals surface area contributed by atoms with E-state index in [2.05, 4.69) is 5.32 Å². The Morgan fingerprint density at radius 3 is 2.50 bits per heavy atom. The molecular formula is C20H23NO3. The monoisotopic (exact) mass is 325 g/mol. The third kappa shape index (κ3) is 4.38.